The van der Waals surface area contributed by atoms with Gasteiger partial charge in [-0.25, -0.2) is 0 Å². The van der Waals surface area contributed by atoms with E-state index in [1.165, 1.54) is 23.1 Å². The summed E-state index contributed by atoms with van der Waals surface area (Å²) in [5.41, 5.74) is 5.60. The summed E-state index contributed by atoms with van der Waals surface area (Å²) in [6, 6.07) is 15.0. The summed E-state index contributed by atoms with van der Waals surface area (Å²) >= 11 is 5.87. The molecule has 6 rings (SSSR count). The number of aromatic nitrogens is 1. The number of piperidine rings is 3. The van der Waals surface area contributed by atoms with Gasteiger partial charge in [-0.05, 0) is 110 Å². The molecule has 0 aliphatic carbocycles. The molecule has 0 saturated carbocycles. The molecule has 182 valence electrons. The minimum absolute atomic E-state index is 0.0204. The molecule has 5 nitrogen and oxygen atoms in total. The summed E-state index contributed by atoms with van der Waals surface area (Å²) in [7, 11) is 1.71. The van der Waals surface area contributed by atoms with Gasteiger partial charge in [-0.3, -0.25) is 9.88 Å². The Morgan fingerprint density at radius 2 is 2.00 bits per heavy atom. The van der Waals surface area contributed by atoms with Crippen LogP contribution < -0.4 is 15.4 Å². The third kappa shape index (κ3) is 4.91. The van der Waals surface area contributed by atoms with Crippen LogP contribution in [0, 0.1) is 25.7 Å². The minimum Gasteiger partial charge on any atom is -0.497 e. The van der Waals surface area contributed by atoms with E-state index in [2.05, 4.69) is 77.4 Å². The van der Waals surface area contributed by atoms with Gasteiger partial charge in [0, 0.05) is 29.9 Å². The summed E-state index contributed by atoms with van der Waals surface area (Å²) < 4.78 is 5.56. The molecule has 3 aliphatic rings. The molecule has 3 aromatic rings. The van der Waals surface area contributed by atoms with Gasteiger partial charge in [0.05, 0.1) is 18.7 Å². The molecule has 6 heteroatoms. The number of aryl methyl sites for hydroxylation is 2. The number of benzene rings is 2. The van der Waals surface area contributed by atoms with Crippen molar-refractivity contribution < 1.29 is 4.74 Å². The number of methoxy groups -OCH3 is 1. The zero-order chi connectivity index (χ0) is 24.5. The van der Waals surface area contributed by atoms with Gasteiger partial charge >= 0.3 is 0 Å². The van der Waals surface area contributed by atoms with Crippen molar-refractivity contribution in [3.05, 3.63) is 78.0 Å². The lowest BCUT2D eigenvalue weighted by atomic mass is 9.73. The second-order valence-electron chi connectivity index (χ2n) is 9.98. The minimum atomic E-state index is 0.0204. The Kier molecular flexibility index (Phi) is 6.76. The Hall–Kier alpha value is -2.96. The van der Waals surface area contributed by atoms with Gasteiger partial charge in [0.25, 0.3) is 0 Å². The fraction of sp³-hybridized carbons (Fsp3) is 0.379. The lowest BCUT2D eigenvalue weighted by molar-refractivity contribution is 0.00443. The SMILES string of the molecule is C=CC1CN2CCC1CC2[C@H](NC(=S)Nc1cc(C)cc(C)c1)c1ccnc2ccc(OC)cc12. The topological polar surface area (TPSA) is 49.4 Å². The molecule has 3 fully saturated rings. The quantitative estimate of drug-likeness (QED) is 0.340. The number of fused-ring (bicyclic) bond motifs is 4. The highest BCUT2D eigenvalue weighted by Crippen LogP contribution is 2.42. The third-order valence-corrected chi connectivity index (χ3v) is 7.84. The van der Waals surface area contributed by atoms with Crippen LogP contribution in [0.2, 0.25) is 0 Å². The molecular weight excluding hydrogens is 452 g/mol. The maximum absolute atomic E-state index is 5.87. The number of nitrogens with one attached hydrogen (secondary N) is 2. The Morgan fingerprint density at radius 3 is 2.69 bits per heavy atom. The van der Waals surface area contributed by atoms with Gasteiger partial charge in [-0.15, -0.1) is 6.58 Å². The molecule has 2 bridgehead atoms. The molecule has 4 heterocycles. The van der Waals surface area contributed by atoms with Gasteiger partial charge in [0.2, 0.25) is 0 Å². The van der Waals surface area contributed by atoms with Crippen molar-refractivity contribution in [1.29, 1.82) is 0 Å². The van der Waals surface area contributed by atoms with Crippen LogP contribution in [-0.2, 0) is 0 Å². The lowest BCUT2D eigenvalue weighted by Crippen LogP contribution is -2.57. The number of anilines is 1. The summed E-state index contributed by atoms with van der Waals surface area (Å²) in [6.45, 7) is 10.5. The molecule has 3 aliphatic heterocycles. The maximum atomic E-state index is 5.87. The molecule has 5 atom stereocenters. The van der Waals surface area contributed by atoms with E-state index in [1.807, 2.05) is 18.3 Å². The highest BCUT2D eigenvalue weighted by Gasteiger charge is 2.43. The fourth-order valence-electron chi connectivity index (χ4n) is 6.01. The van der Waals surface area contributed by atoms with Crippen molar-refractivity contribution >= 4 is 33.9 Å². The Bertz CT molecular complexity index is 1240. The monoisotopic (exact) mass is 486 g/mol. The second kappa shape index (κ2) is 9.96. The lowest BCUT2D eigenvalue weighted by Gasteiger charge is -2.52. The average Bonchev–Trinajstić information content (AvgIpc) is 2.86. The van der Waals surface area contributed by atoms with Crippen LogP contribution in [0.15, 0.2) is 61.3 Å². The fourth-order valence-corrected chi connectivity index (χ4v) is 6.25. The molecule has 2 aromatic carbocycles. The number of hydrogen-bond acceptors (Lipinski definition) is 4. The van der Waals surface area contributed by atoms with E-state index in [0.29, 0.717) is 23.0 Å². The van der Waals surface area contributed by atoms with Gasteiger partial charge in [0.1, 0.15) is 5.75 Å². The zero-order valence-electron chi connectivity index (χ0n) is 20.8. The van der Waals surface area contributed by atoms with E-state index in [0.717, 1.165) is 41.9 Å². The van der Waals surface area contributed by atoms with Crippen molar-refractivity contribution in [2.24, 2.45) is 11.8 Å². The summed E-state index contributed by atoms with van der Waals surface area (Å²) in [5.74, 6) is 2.06. The molecule has 3 saturated heterocycles. The van der Waals surface area contributed by atoms with E-state index < -0.39 is 0 Å². The van der Waals surface area contributed by atoms with E-state index in [1.54, 1.807) is 7.11 Å². The van der Waals surface area contributed by atoms with Crippen LogP contribution in [0.4, 0.5) is 5.69 Å². The molecule has 35 heavy (non-hydrogen) atoms. The molecule has 2 N–H and O–H groups in total. The molecule has 1 aromatic heterocycles. The largest absolute Gasteiger partial charge is 0.497 e. The van der Waals surface area contributed by atoms with Crippen LogP contribution in [-0.4, -0.2) is 41.2 Å². The van der Waals surface area contributed by atoms with Crippen molar-refractivity contribution in [1.82, 2.24) is 15.2 Å². The van der Waals surface area contributed by atoms with Crippen LogP contribution in [0.1, 0.15) is 35.6 Å². The Balaban J connectivity index is 1.51. The highest BCUT2D eigenvalue weighted by atomic mass is 32.1. The highest BCUT2D eigenvalue weighted by molar-refractivity contribution is 7.80. The number of thiocarbonyl (C=S) groups is 1. The predicted molar refractivity (Wildman–Crippen MR) is 148 cm³/mol. The number of pyridine rings is 1. The van der Waals surface area contributed by atoms with Gasteiger partial charge in [-0.2, -0.15) is 0 Å². The Morgan fingerprint density at radius 1 is 1.20 bits per heavy atom. The van der Waals surface area contributed by atoms with Crippen LogP contribution in [0.5, 0.6) is 5.75 Å². The predicted octanol–water partition coefficient (Wildman–Crippen LogP) is 5.78. The second-order valence-corrected chi connectivity index (χ2v) is 10.4. The number of rotatable bonds is 6. The van der Waals surface area contributed by atoms with E-state index >= 15 is 0 Å². The van der Waals surface area contributed by atoms with Crippen LogP contribution in [0.25, 0.3) is 10.9 Å². The van der Waals surface area contributed by atoms with Crippen molar-refractivity contribution in [3.8, 4) is 5.75 Å². The standard InChI is InChI=1S/C29H34N4OS/c1-5-20-17-33-11-9-21(20)15-27(33)28(32-29(35)31-22-13-18(2)12-19(3)14-22)24-8-10-30-26-7-6-23(34-4)16-25(24)26/h5-8,10,12-14,16,20-21,27-28H,1,9,11,15,17H2,2-4H3,(H2,31,32,35)/t20?,21?,27?,28-/m1/s1. The van der Waals surface area contributed by atoms with Crippen molar-refractivity contribution in [3.63, 3.8) is 0 Å². The van der Waals surface area contributed by atoms with Gasteiger partial charge in [-0.1, -0.05) is 12.1 Å². The first-order valence-electron chi connectivity index (χ1n) is 12.4. The number of nitrogens with zero attached hydrogens (tertiary/aromatic N) is 2. The normalized spacial score (nSPS) is 24.1. The molecule has 0 radical (unpaired) electrons. The van der Waals surface area contributed by atoms with E-state index in [9.17, 15) is 0 Å². The molecular formula is C29H34N4OS. The molecule has 0 amide bonds. The van der Waals surface area contributed by atoms with Crippen molar-refractivity contribution in [2.75, 3.05) is 25.5 Å². The van der Waals surface area contributed by atoms with E-state index in [-0.39, 0.29) is 6.04 Å². The van der Waals surface area contributed by atoms with Crippen molar-refractivity contribution in [2.45, 2.75) is 38.8 Å². The summed E-state index contributed by atoms with van der Waals surface area (Å²) in [4.78, 5) is 7.25. The zero-order valence-corrected chi connectivity index (χ0v) is 21.6. The number of hydrogen-bond donors (Lipinski definition) is 2. The first-order valence-corrected chi connectivity index (χ1v) is 12.8. The maximum Gasteiger partial charge on any atom is 0.171 e. The van der Waals surface area contributed by atoms with E-state index in [4.69, 9.17) is 17.0 Å². The van der Waals surface area contributed by atoms with Crippen LogP contribution >= 0.6 is 12.2 Å². The third-order valence-electron chi connectivity index (χ3n) is 7.62. The van der Waals surface area contributed by atoms with Crippen LogP contribution in [0.3, 0.4) is 0 Å². The Labute approximate surface area is 213 Å². The first kappa shape index (κ1) is 23.8. The summed E-state index contributed by atoms with van der Waals surface area (Å²) in [5, 5.41) is 8.90. The molecule has 4 unspecified atom stereocenters. The first-order chi connectivity index (χ1) is 16.9. The molecule has 0 spiro atoms. The summed E-state index contributed by atoms with van der Waals surface area (Å²) in [6.07, 6.45) is 6.40. The van der Waals surface area contributed by atoms with Gasteiger partial charge in [0.15, 0.2) is 5.11 Å². The smallest absolute Gasteiger partial charge is 0.171 e. The number of ether oxygens (including phenoxy) is 1. The van der Waals surface area contributed by atoms with Gasteiger partial charge < -0.3 is 15.4 Å². The average molecular weight is 487 g/mol.